The Morgan fingerprint density at radius 1 is 1.35 bits per heavy atom. The van der Waals surface area contributed by atoms with Crippen molar-refractivity contribution in [2.24, 2.45) is 0 Å². The molecule has 120 valence electrons. The van der Waals surface area contributed by atoms with Gasteiger partial charge >= 0.3 is 6.03 Å². The van der Waals surface area contributed by atoms with Crippen LogP contribution >= 0.6 is 11.3 Å². The van der Waals surface area contributed by atoms with Crippen molar-refractivity contribution in [1.29, 1.82) is 0 Å². The van der Waals surface area contributed by atoms with E-state index in [9.17, 15) is 14.0 Å². The number of thiophene rings is 1. The number of hydrogen-bond donors (Lipinski definition) is 3. The first kappa shape index (κ1) is 15.5. The second-order valence-electron chi connectivity index (χ2n) is 5.46. The topological polar surface area (TPSA) is 70.2 Å². The van der Waals surface area contributed by atoms with Crippen molar-refractivity contribution < 1.29 is 14.0 Å². The molecular formula is C16H16FN3O2S. The van der Waals surface area contributed by atoms with Gasteiger partial charge in [-0.25, -0.2) is 9.18 Å². The summed E-state index contributed by atoms with van der Waals surface area (Å²) in [5, 5.41) is 10.1. The third-order valence-electron chi connectivity index (χ3n) is 3.69. The number of anilines is 1. The Kier molecular flexibility index (Phi) is 4.29. The number of halogens is 1. The maximum absolute atomic E-state index is 12.9. The van der Waals surface area contributed by atoms with E-state index in [1.165, 1.54) is 24.3 Å². The average Bonchev–Trinajstić information content (AvgIpc) is 3.09. The van der Waals surface area contributed by atoms with E-state index in [0.717, 1.165) is 10.4 Å². The lowest BCUT2D eigenvalue weighted by Crippen LogP contribution is -2.44. The van der Waals surface area contributed by atoms with Crippen LogP contribution in [0.5, 0.6) is 0 Å². The van der Waals surface area contributed by atoms with Crippen molar-refractivity contribution in [3.63, 3.8) is 0 Å². The molecule has 2 atom stereocenters. The zero-order valence-corrected chi connectivity index (χ0v) is 13.2. The smallest absolute Gasteiger partial charge is 0.319 e. The van der Waals surface area contributed by atoms with Crippen molar-refractivity contribution in [3.8, 4) is 0 Å². The van der Waals surface area contributed by atoms with Crippen LogP contribution in [0.25, 0.3) is 0 Å². The number of amides is 3. The van der Waals surface area contributed by atoms with Crippen LogP contribution < -0.4 is 16.0 Å². The van der Waals surface area contributed by atoms with Crippen LogP contribution in [0.1, 0.15) is 16.4 Å². The summed E-state index contributed by atoms with van der Waals surface area (Å²) in [7, 11) is 0. The summed E-state index contributed by atoms with van der Waals surface area (Å²) in [6.45, 7) is 2.49. The highest BCUT2D eigenvalue weighted by Crippen LogP contribution is 2.29. The summed E-state index contributed by atoms with van der Waals surface area (Å²) in [5.41, 5.74) is 1.60. The van der Waals surface area contributed by atoms with Gasteiger partial charge in [-0.05, 0) is 48.2 Å². The Balaban J connectivity index is 1.68. The normalized spacial score (nSPS) is 20.2. The van der Waals surface area contributed by atoms with Gasteiger partial charge in [0.15, 0.2) is 0 Å². The zero-order valence-electron chi connectivity index (χ0n) is 12.4. The van der Waals surface area contributed by atoms with Gasteiger partial charge in [0, 0.05) is 23.0 Å². The lowest BCUT2D eigenvalue weighted by Gasteiger charge is -2.17. The highest BCUT2D eigenvalue weighted by molar-refractivity contribution is 7.10. The SMILES string of the molecule is Cc1csc([C@@H]2CNC(=O)[C@H]2NC(=O)Nc2ccc(F)cc2)c1. The molecule has 0 aliphatic carbocycles. The van der Waals surface area contributed by atoms with Crippen LogP contribution in [0, 0.1) is 12.7 Å². The van der Waals surface area contributed by atoms with Crippen molar-refractivity contribution >= 4 is 29.0 Å². The molecule has 0 bridgehead atoms. The molecule has 0 spiro atoms. The van der Waals surface area contributed by atoms with E-state index in [4.69, 9.17) is 0 Å². The fraction of sp³-hybridized carbons (Fsp3) is 0.250. The Labute approximate surface area is 136 Å². The summed E-state index contributed by atoms with van der Waals surface area (Å²) < 4.78 is 12.9. The van der Waals surface area contributed by atoms with Gasteiger partial charge in [0.2, 0.25) is 5.91 Å². The molecule has 0 radical (unpaired) electrons. The Morgan fingerprint density at radius 2 is 2.09 bits per heavy atom. The third kappa shape index (κ3) is 3.50. The molecule has 1 aliphatic rings. The summed E-state index contributed by atoms with van der Waals surface area (Å²) in [4.78, 5) is 25.2. The number of benzene rings is 1. The molecule has 0 saturated carbocycles. The van der Waals surface area contributed by atoms with Gasteiger partial charge in [0.25, 0.3) is 0 Å². The molecular weight excluding hydrogens is 317 g/mol. The molecule has 1 saturated heterocycles. The minimum atomic E-state index is -0.617. The number of urea groups is 1. The van der Waals surface area contributed by atoms with E-state index in [1.807, 2.05) is 18.4 Å². The Morgan fingerprint density at radius 3 is 2.74 bits per heavy atom. The number of rotatable bonds is 3. The number of hydrogen-bond acceptors (Lipinski definition) is 3. The number of carbonyl (C=O) groups excluding carboxylic acids is 2. The molecule has 1 aliphatic heterocycles. The summed E-state index contributed by atoms with van der Waals surface area (Å²) in [6.07, 6.45) is 0. The molecule has 1 aromatic heterocycles. The maximum atomic E-state index is 12.9. The molecule has 5 nitrogen and oxygen atoms in total. The summed E-state index contributed by atoms with van der Waals surface area (Å²) in [5.74, 6) is -0.658. The fourth-order valence-electron chi connectivity index (χ4n) is 2.54. The zero-order chi connectivity index (χ0) is 16.4. The largest absolute Gasteiger partial charge is 0.354 e. The van der Waals surface area contributed by atoms with Crippen LogP contribution in [0.15, 0.2) is 35.7 Å². The lowest BCUT2D eigenvalue weighted by atomic mass is 10.0. The summed E-state index contributed by atoms with van der Waals surface area (Å²) >= 11 is 1.58. The summed E-state index contributed by atoms with van der Waals surface area (Å²) in [6, 6.07) is 6.37. The predicted octanol–water partition coefficient (Wildman–Crippen LogP) is 2.60. The second kappa shape index (κ2) is 6.37. The minimum absolute atomic E-state index is 0.0832. The fourth-order valence-corrected chi connectivity index (χ4v) is 3.58. The highest BCUT2D eigenvalue weighted by Gasteiger charge is 2.37. The number of carbonyl (C=O) groups is 2. The van der Waals surface area contributed by atoms with Crippen LogP contribution in [0.2, 0.25) is 0 Å². The van der Waals surface area contributed by atoms with Gasteiger partial charge in [-0.2, -0.15) is 0 Å². The molecule has 7 heteroatoms. The van der Waals surface area contributed by atoms with Crippen molar-refractivity contribution in [3.05, 3.63) is 52.0 Å². The minimum Gasteiger partial charge on any atom is -0.354 e. The van der Waals surface area contributed by atoms with Gasteiger partial charge in [-0.3, -0.25) is 4.79 Å². The molecule has 1 aromatic carbocycles. The predicted molar refractivity (Wildman–Crippen MR) is 87.1 cm³/mol. The molecule has 3 N–H and O–H groups in total. The van der Waals surface area contributed by atoms with E-state index >= 15 is 0 Å². The molecule has 1 fully saturated rings. The quantitative estimate of drug-likeness (QED) is 0.808. The molecule has 3 amide bonds. The molecule has 23 heavy (non-hydrogen) atoms. The Hall–Kier alpha value is -2.41. The van der Waals surface area contributed by atoms with Gasteiger partial charge in [-0.1, -0.05) is 0 Å². The lowest BCUT2D eigenvalue weighted by molar-refractivity contribution is -0.120. The molecule has 3 rings (SSSR count). The van der Waals surface area contributed by atoms with E-state index < -0.39 is 12.1 Å². The molecule has 2 heterocycles. The maximum Gasteiger partial charge on any atom is 0.319 e. The van der Waals surface area contributed by atoms with E-state index in [-0.39, 0.29) is 17.6 Å². The van der Waals surface area contributed by atoms with Crippen molar-refractivity contribution in [2.45, 2.75) is 18.9 Å². The first-order valence-electron chi connectivity index (χ1n) is 7.19. The molecule has 0 unspecified atom stereocenters. The van der Waals surface area contributed by atoms with E-state index in [2.05, 4.69) is 16.0 Å². The third-order valence-corrected chi connectivity index (χ3v) is 4.87. The van der Waals surface area contributed by atoms with Gasteiger partial charge in [0.05, 0.1) is 0 Å². The standard InChI is InChI=1S/C16H16FN3O2S/c1-9-6-13(23-8-9)12-7-18-15(21)14(12)20-16(22)19-11-4-2-10(17)3-5-11/h2-6,8,12,14H,7H2,1H3,(H,18,21)(H2,19,20,22)/t12-,14-/m0/s1. The first-order valence-corrected chi connectivity index (χ1v) is 8.07. The van der Waals surface area contributed by atoms with E-state index in [1.54, 1.807) is 11.3 Å². The van der Waals surface area contributed by atoms with Gasteiger partial charge in [-0.15, -0.1) is 11.3 Å². The number of aryl methyl sites for hydroxylation is 1. The van der Waals surface area contributed by atoms with Crippen molar-refractivity contribution in [2.75, 3.05) is 11.9 Å². The molecule has 2 aromatic rings. The number of nitrogens with one attached hydrogen (secondary N) is 3. The van der Waals surface area contributed by atoms with Crippen LogP contribution in [-0.2, 0) is 4.79 Å². The highest BCUT2D eigenvalue weighted by atomic mass is 32.1. The van der Waals surface area contributed by atoms with Gasteiger partial charge in [0.1, 0.15) is 11.9 Å². The first-order chi connectivity index (χ1) is 11.0. The monoisotopic (exact) mass is 333 g/mol. The van der Waals surface area contributed by atoms with Crippen molar-refractivity contribution in [1.82, 2.24) is 10.6 Å². The Bertz CT molecular complexity index is 729. The average molecular weight is 333 g/mol. The van der Waals surface area contributed by atoms with Crippen LogP contribution in [-0.4, -0.2) is 24.5 Å². The van der Waals surface area contributed by atoms with Gasteiger partial charge < -0.3 is 16.0 Å². The van der Waals surface area contributed by atoms with Crippen LogP contribution in [0.3, 0.4) is 0 Å². The second-order valence-corrected chi connectivity index (χ2v) is 6.40. The van der Waals surface area contributed by atoms with E-state index in [0.29, 0.717) is 12.2 Å². The van der Waals surface area contributed by atoms with Crippen LogP contribution in [0.4, 0.5) is 14.9 Å².